The number of amides is 1. The maximum atomic E-state index is 11.5. The molecule has 1 aromatic rings. The monoisotopic (exact) mass is 299 g/mol. The Balaban J connectivity index is 2.72. The molecule has 17 heavy (non-hydrogen) atoms. The molecule has 0 aliphatic heterocycles. The fraction of sp³-hybridized carbons (Fsp3) is 0.462. The van der Waals surface area contributed by atoms with Crippen molar-refractivity contribution in [3.8, 4) is 5.75 Å². The van der Waals surface area contributed by atoms with Gasteiger partial charge in [-0.1, -0.05) is 15.9 Å². The van der Waals surface area contributed by atoms with Crippen LogP contribution >= 0.6 is 15.9 Å². The van der Waals surface area contributed by atoms with Crippen molar-refractivity contribution in [2.75, 3.05) is 10.6 Å². The Labute approximate surface area is 111 Å². The van der Waals surface area contributed by atoms with Crippen LogP contribution in [0.2, 0.25) is 0 Å². The molecule has 3 nitrogen and oxygen atoms in total. The van der Waals surface area contributed by atoms with Gasteiger partial charge in [0.15, 0.2) is 0 Å². The van der Waals surface area contributed by atoms with E-state index in [1.54, 1.807) is 0 Å². The molecule has 94 valence electrons. The number of ether oxygens (including phenoxy) is 1. The van der Waals surface area contributed by atoms with Gasteiger partial charge in [-0.15, -0.1) is 0 Å². The molecule has 0 aliphatic carbocycles. The molecule has 0 unspecified atom stereocenters. The second kappa shape index (κ2) is 6.64. The van der Waals surface area contributed by atoms with Crippen LogP contribution < -0.4 is 10.1 Å². The molecule has 1 N–H and O–H groups in total. The van der Waals surface area contributed by atoms with Crippen molar-refractivity contribution < 1.29 is 9.53 Å². The first-order valence-electron chi connectivity index (χ1n) is 5.66. The van der Waals surface area contributed by atoms with Gasteiger partial charge in [0, 0.05) is 17.4 Å². The highest BCUT2D eigenvalue weighted by atomic mass is 79.9. The molecule has 0 radical (unpaired) electrons. The summed E-state index contributed by atoms with van der Waals surface area (Å²) < 4.78 is 5.58. The maximum absolute atomic E-state index is 11.5. The second-order valence-corrected chi connectivity index (χ2v) is 4.92. The highest BCUT2D eigenvalue weighted by Crippen LogP contribution is 2.22. The minimum atomic E-state index is 0.0162. The standard InChI is InChI=1S/C13H18BrNO2/c1-9(2)17-11-4-5-12(10(3)8-11)15-13(16)6-7-14/h4-5,8-9H,6-7H2,1-3H3,(H,15,16). The molecule has 0 bridgehead atoms. The molecule has 1 rings (SSSR count). The predicted octanol–water partition coefficient (Wildman–Crippen LogP) is 3.51. The van der Waals surface area contributed by atoms with Crippen molar-refractivity contribution in [3.05, 3.63) is 23.8 Å². The quantitative estimate of drug-likeness (QED) is 0.845. The fourth-order valence-corrected chi connectivity index (χ4v) is 1.78. The number of alkyl halides is 1. The van der Waals surface area contributed by atoms with Crippen LogP contribution in [0.4, 0.5) is 5.69 Å². The third-order valence-corrected chi connectivity index (χ3v) is 2.56. The Hall–Kier alpha value is -1.03. The second-order valence-electron chi connectivity index (χ2n) is 4.13. The minimum Gasteiger partial charge on any atom is -0.491 e. The molecule has 0 fully saturated rings. The van der Waals surface area contributed by atoms with Crippen LogP contribution in [0.15, 0.2) is 18.2 Å². The third kappa shape index (κ3) is 4.77. The number of benzene rings is 1. The number of hydrogen-bond acceptors (Lipinski definition) is 2. The largest absolute Gasteiger partial charge is 0.491 e. The van der Waals surface area contributed by atoms with E-state index < -0.39 is 0 Å². The van der Waals surface area contributed by atoms with Crippen molar-refractivity contribution in [1.82, 2.24) is 0 Å². The maximum Gasteiger partial charge on any atom is 0.225 e. The van der Waals surface area contributed by atoms with Crippen LogP contribution in [0, 0.1) is 6.92 Å². The average Bonchev–Trinajstić information content (AvgIpc) is 2.21. The molecule has 1 aromatic carbocycles. The van der Waals surface area contributed by atoms with E-state index >= 15 is 0 Å². The summed E-state index contributed by atoms with van der Waals surface area (Å²) in [4.78, 5) is 11.5. The summed E-state index contributed by atoms with van der Waals surface area (Å²) in [5, 5.41) is 3.54. The SMILES string of the molecule is Cc1cc(OC(C)C)ccc1NC(=O)CCBr. The van der Waals surface area contributed by atoms with Crippen LogP contribution in [0.1, 0.15) is 25.8 Å². The van der Waals surface area contributed by atoms with E-state index in [-0.39, 0.29) is 12.0 Å². The van der Waals surface area contributed by atoms with Gasteiger partial charge >= 0.3 is 0 Å². The summed E-state index contributed by atoms with van der Waals surface area (Å²) in [7, 11) is 0. The Morgan fingerprint density at radius 3 is 2.71 bits per heavy atom. The van der Waals surface area contributed by atoms with E-state index in [1.807, 2.05) is 39.0 Å². The zero-order valence-corrected chi connectivity index (χ0v) is 12.0. The number of aryl methyl sites for hydroxylation is 1. The lowest BCUT2D eigenvalue weighted by atomic mass is 10.2. The number of anilines is 1. The lowest BCUT2D eigenvalue weighted by Gasteiger charge is -2.13. The van der Waals surface area contributed by atoms with Crippen LogP contribution in [0.3, 0.4) is 0 Å². The molecular weight excluding hydrogens is 282 g/mol. The van der Waals surface area contributed by atoms with Gasteiger partial charge in [-0.05, 0) is 44.5 Å². The number of halogens is 1. The van der Waals surface area contributed by atoms with Gasteiger partial charge in [0.1, 0.15) is 5.75 Å². The number of rotatable bonds is 5. The number of hydrogen-bond donors (Lipinski definition) is 1. The molecule has 0 saturated carbocycles. The van der Waals surface area contributed by atoms with Gasteiger partial charge in [0.25, 0.3) is 0 Å². The molecule has 0 aromatic heterocycles. The summed E-state index contributed by atoms with van der Waals surface area (Å²) in [6, 6.07) is 5.68. The molecule has 1 amide bonds. The lowest BCUT2D eigenvalue weighted by molar-refractivity contribution is -0.115. The van der Waals surface area contributed by atoms with E-state index in [0.717, 1.165) is 17.0 Å². The molecule has 0 aliphatic rings. The molecule has 0 spiro atoms. The third-order valence-electron chi connectivity index (χ3n) is 2.17. The van der Waals surface area contributed by atoms with Crippen molar-refractivity contribution >= 4 is 27.5 Å². The van der Waals surface area contributed by atoms with E-state index in [2.05, 4.69) is 21.2 Å². The van der Waals surface area contributed by atoms with Crippen LogP contribution in [-0.2, 0) is 4.79 Å². The lowest BCUT2D eigenvalue weighted by Crippen LogP contribution is -2.12. The van der Waals surface area contributed by atoms with Crippen LogP contribution in [0.5, 0.6) is 5.75 Å². The first kappa shape index (κ1) is 14.0. The average molecular weight is 300 g/mol. The highest BCUT2D eigenvalue weighted by Gasteiger charge is 2.05. The van der Waals surface area contributed by atoms with Crippen LogP contribution in [-0.4, -0.2) is 17.3 Å². The highest BCUT2D eigenvalue weighted by molar-refractivity contribution is 9.09. The summed E-state index contributed by atoms with van der Waals surface area (Å²) in [6.45, 7) is 5.93. The van der Waals surface area contributed by atoms with Gasteiger partial charge < -0.3 is 10.1 Å². The summed E-state index contributed by atoms with van der Waals surface area (Å²) in [5.74, 6) is 0.846. The molecule has 0 atom stereocenters. The normalized spacial score (nSPS) is 10.4. The Morgan fingerprint density at radius 2 is 2.18 bits per heavy atom. The molecular formula is C13H18BrNO2. The molecule has 0 saturated heterocycles. The fourth-order valence-electron chi connectivity index (χ4n) is 1.42. The topological polar surface area (TPSA) is 38.3 Å². The summed E-state index contributed by atoms with van der Waals surface area (Å²) in [5.41, 5.74) is 1.85. The van der Waals surface area contributed by atoms with Gasteiger partial charge in [-0.25, -0.2) is 0 Å². The molecule has 4 heteroatoms. The van der Waals surface area contributed by atoms with E-state index in [4.69, 9.17) is 4.74 Å². The first-order valence-corrected chi connectivity index (χ1v) is 6.78. The van der Waals surface area contributed by atoms with E-state index in [9.17, 15) is 4.79 Å². The zero-order chi connectivity index (χ0) is 12.8. The van der Waals surface area contributed by atoms with Crippen molar-refractivity contribution in [2.24, 2.45) is 0 Å². The van der Waals surface area contributed by atoms with Gasteiger partial charge in [0.2, 0.25) is 5.91 Å². The first-order chi connectivity index (χ1) is 8.02. The Bertz CT molecular complexity index is 391. The van der Waals surface area contributed by atoms with Crippen molar-refractivity contribution in [3.63, 3.8) is 0 Å². The van der Waals surface area contributed by atoms with E-state index in [1.165, 1.54) is 0 Å². The number of nitrogens with one attached hydrogen (secondary N) is 1. The minimum absolute atomic E-state index is 0.0162. The smallest absolute Gasteiger partial charge is 0.225 e. The predicted molar refractivity (Wildman–Crippen MR) is 74.0 cm³/mol. The van der Waals surface area contributed by atoms with Crippen LogP contribution in [0.25, 0.3) is 0 Å². The number of carbonyl (C=O) groups excluding carboxylic acids is 1. The van der Waals surface area contributed by atoms with Gasteiger partial charge in [0.05, 0.1) is 6.10 Å². The number of carbonyl (C=O) groups is 1. The Kier molecular flexibility index (Phi) is 5.48. The van der Waals surface area contributed by atoms with Gasteiger partial charge in [-0.3, -0.25) is 4.79 Å². The van der Waals surface area contributed by atoms with Gasteiger partial charge in [-0.2, -0.15) is 0 Å². The van der Waals surface area contributed by atoms with Crippen molar-refractivity contribution in [1.29, 1.82) is 0 Å². The van der Waals surface area contributed by atoms with E-state index in [0.29, 0.717) is 11.8 Å². The van der Waals surface area contributed by atoms with Crippen molar-refractivity contribution in [2.45, 2.75) is 33.3 Å². The summed E-state index contributed by atoms with van der Waals surface area (Å²) in [6.07, 6.45) is 0.632. The summed E-state index contributed by atoms with van der Waals surface area (Å²) >= 11 is 3.24. The molecule has 0 heterocycles. The Morgan fingerprint density at radius 1 is 1.47 bits per heavy atom. The zero-order valence-electron chi connectivity index (χ0n) is 10.4.